The van der Waals surface area contributed by atoms with E-state index in [-0.39, 0.29) is 34.1 Å². The molecule has 1 aliphatic rings. The highest BCUT2D eigenvalue weighted by Gasteiger charge is 2.26. The van der Waals surface area contributed by atoms with Gasteiger partial charge in [-0.1, -0.05) is 18.2 Å². The number of carbonyl (C=O) groups is 1. The maximum atomic E-state index is 12.6. The first-order chi connectivity index (χ1) is 14.5. The lowest BCUT2D eigenvalue weighted by atomic mass is 10.2. The first kappa shape index (κ1) is 20.4. The third-order valence-corrected chi connectivity index (χ3v) is 6.88. The van der Waals surface area contributed by atoms with Gasteiger partial charge in [0.05, 0.1) is 17.2 Å². The van der Waals surface area contributed by atoms with E-state index in [1.54, 1.807) is 36.6 Å². The summed E-state index contributed by atoms with van der Waals surface area (Å²) in [5.74, 6) is 0.451. The number of nitrogens with zero attached hydrogens (tertiary/aromatic N) is 1. The summed E-state index contributed by atoms with van der Waals surface area (Å²) >= 11 is 0. The van der Waals surface area contributed by atoms with Crippen LogP contribution in [0, 0.1) is 0 Å². The molecule has 2 aromatic heterocycles. The van der Waals surface area contributed by atoms with Crippen molar-refractivity contribution in [2.24, 2.45) is 0 Å². The van der Waals surface area contributed by atoms with E-state index in [0.29, 0.717) is 6.54 Å². The molecule has 7 nitrogen and oxygen atoms in total. The number of carbonyl (C=O) groups excluding carboxylic acids is 1. The van der Waals surface area contributed by atoms with Gasteiger partial charge in [0.15, 0.2) is 15.6 Å². The van der Waals surface area contributed by atoms with E-state index in [0.717, 1.165) is 31.7 Å². The fourth-order valence-corrected chi connectivity index (χ4v) is 4.96. The summed E-state index contributed by atoms with van der Waals surface area (Å²) in [5.41, 5.74) is 0. The third kappa shape index (κ3) is 4.66. The van der Waals surface area contributed by atoms with Crippen molar-refractivity contribution in [3.63, 3.8) is 0 Å². The first-order valence-corrected chi connectivity index (χ1v) is 11.6. The van der Waals surface area contributed by atoms with Crippen molar-refractivity contribution in [3.05, 3.63) is 78.1 Å². The lowest BCUT2D eigenvalue weighted by Gasteiger charge is -2.25. The predicted octanol–water partition coefficient (Wildman–Crippen LogP) is 3.41. The lowest BCUT2D eigenvalue weighted by molar-refractivity contribution is 0.0904. The Morgan fingerprint density at radius 1 is 1.03 bits per heavy atom. The van der Waals surface area contributed by atoms with E-state index in [2.05, 4.69) is 10.2 Å². The molecule has 1 unspecified atom stereocenters. The van der Waals surface area contributed by atoms with Crippen molar-refractivity contribution in [1.29, 1.82) is 0 Å². The molecule has 3 heterocycles. The van der Waals surface area contributed by atoms with Gasteiger partial charge in [0.1, 0.15) is 17.3 Å². The van der Waals surface area contributed by atoms with Crippen LogP contribution >= 0.6 is 0 Å². The van der Waals surface area contributed by atoms with Crippen LogP contribution in [0.15, 0.2) is 74.6 Å². The fourth-order valence-electron chi connectivity index (χ4n) is 3.70. The highest BCUT2D eigenvalue weighted by Crippen LogP contribution is 2.25. The Morgan fingerprint density at radius 2 is 1.80 bits per heavy atom. The van der Waals surface area contributed by atoms with Gasteiger partial charge in [0.2, 0.25) is 0 Å². The maximum Gasteiger partial charge on any atom is 0.287 e. The van der Waals surface area contributed by atoms with Gasteiger partial charge < -0.3 is 14.2 Å². The van der Waals surface area contributed by atoms with Crippen LogP contribution < -0.4 is 5.32 Å². The average molecular weight is 429 g/mol. The number of benzene rings is 1. The molecule has 4 rings (SSSR count). The number of amides is 1. The number of nitrogens with one attached hydrogen (secondary N) is 1. The molecule has 30 heavy (non-hydrogen) atoms. The first-order valence-electron chi connectivity index (χ1n) is 9.95. The molecule has 8 heteroatoms. The van der Waals surface area contributed by atoms with Gasteiger partial charge in [-0.2, -0.15) is 0 Å². The molecule has 0 radical (unpaired) electrons. The second-order valence-corrected chi connectivity index (χ2v) is 9.31. The Balaban J connectivity index is 1.40. The molecular formula is C22H24N2O5S. The molecule has 1 atom stereocenters. The minimum atomic E-state index is -3.54. The van der Waals surface area contributed by atoms with E-state index in [1.165, 1.54) is 12.1 Å². The van der Waals surface area contributed by atoms with Crippen LogP contribution in [0.3, 0.4) is 0 Å². The minimum absolute atomic E-state index is 0.0423. The van der Waals surface area contributed by atoms with Crippen molar-refractivity contribution in [2.45, 2.75) is 29.5 Å². The second-order valence-electron chi connectivity index (χ2n) is 7.32. The number of furan rings is 2. The Kier molecular flexibility index (Phi) is 6.06. The Bertz CT molecular complexity index is 1070. The van der Waals surface area contributed by atoms with Crippen LogP contribution in [0.4, 0.5) is 0 Å². The molecule has 1 saturated heterocycles. The number of hydrogen-bond donors (Lipinski definition) is 1. The predicted molar refractivity (Wildman–Crippen MR) is 111 cm³/mol. The molecule has 158 valence electrons. The molecular weight excluding hydrogens is 404 g/mol. The van der Waals surface area contributed by atoms with Crippen LogP contribution in [0.5, 0.6) is 0 Å². The van der Waals surface area contributed by atoms with Gasteiger partial charge >= 0.3 is 0 Å². The summed E-state index contributed by atoms with van der Waals surface area (Å²) in [6, 6.07) is 14.9. The SMILES string of the molecule is O=C(NCC(c1ccco1)N1CCCC1)c1ccc(CS(=O)(=O)c2ccccc2)o1. The standard InChI is InChI=1S/C22H24N2O5S/c25-22(23-15-19(20-9-6-14-28-20)24-12-4-5-13-24)21-11-10-17(29-21)16-30(26,27)18-7-2-1-3-8-18/h1-3,6-11,14,19H,4-5,12-13,15-16H2,(H,23,25). The molecule has 1 aliphatic heterocycles. The fraction of sp³-hybridized carbons (Fsp3) is 0.318. The van der Waals surface area contributed by atoms with Crippen LogP contribution in [0.2, 0.25) is 0 Å². The Labute approximate surface area is 175 Å². The summed E-state index contributed by atoms with van der Waals surface area (Å²) < 4.78 is 36.1. The highest BCUT2D eigenvalue weighted by atomic mass is 32.2. The Morgan fingerprint density at radius 3 is 2.50 bits per heavy atom. The molecule has 0 aliphatic carbocycles. The topological polar surface area (TPSA) is 92.8 Å². The highest BCUT2D eigenvalue weighted by molar-refractivity contribution is 7.90. The van der Waals surface area contributed by atoms with Gasteiger partial charge in [-0.15, -0.1) is 0 Å². The number of hydrogen-bond acceptors (Lipinski definition) is 6. The summed E-state index contributed by atoms with van der Waals surface area (Å²) in [7, 11) is -3.54. The van der Waals surface area contributed by atoms with Crippen molar-refractivity contribution in [1.82, 2.24) is 10.2 Å². The zero-order valence-electron chi connectivity index (χ0n) is 16.5. The Hall–Kier alpha value is -2.84. The van der Waals surface area contributed by atoms with E-state index in [1.807, 2.05) is 12.1 Å². The zero-order valence-corrected chi connectivity index (χ0v) is 17.3. The monoisotopic (exact) mass is 428 g/mol. The number of likely N-dealkylation sites (tertiary alicyclic amines) is 1. The molecule has 1 N–H and O–H groups in total. The summed E-state index contributed by atoms with van der Waals surface area (Å²) in [6.07, 6.45) is 3.89. The quantitative estimate of drug-likeness (QED) is 0.591. The summed E-state index contributed by atoms with van der Waals surface area (Å²) in [6.45, 7) is 2.30. The minimum Gasteiger partial charge on any atom is -0.468 e. The molecule has 3 aromatic rings. The largest absolute Gasteiger partial charge is 0.468 e. The second kappa shape index (κ2) is 8.89. The molecule has 0 saturated carbocycles. The van der Waals surface area contributed by atoms with Gasteiger partial charge in [-0.25, -0.2) is 8.42 Å². The molecule has 1 fully saturated rings. The van der Waals surface area contributed by atoms with Crippen molar-refractivity contribution >= 4 is 15.7 Å². The van der Waals surface area contributed by atoms with E-state index in [4.69, 9.17) is 8.83 Å². The normalized spacial score (nSPS) is 15.9. The van der Waals surface area contributed by atoms with Gasteiger partial charge in [0, 0.05) is 6.54 Å². The molecule has 1 aromatic carbocycles. The van der Waals surface area contributed by atoms with Crippen LogP contribution in [-0.2, 0) is 15.6 Å². The summed E-state index contributed by atoms with van der Waals surface area (Å²) in [5, 5.41) is 2.89. The number of sulfone groups is 1. The smallest absolute Gasteiger partial charge is 0.287 e. The summed E-state index contributed by atoms with van der Waals surface area (Å²) in [4.78, 5) is 15.1. The van der Waals surface area contributed by atoms with E-state index < -0.39 is 9.84 Å². The van der Waals surface area contributed by atoms with E-state index in [9.17, 15) is 13.2 Å². The molecule has 0 spiro atoms. The van der Waals surface area contributed by atoms with Crippen molar-refractivity contribution in [3.8, 4) is 0 Å². The average Bonchev–Trinajstić information content (AvgIpc) is 3.52. The zero-order chi connectivity index (χ0) is 21.0. The van der Waals surface area contributed by atoms with E-state index >= 15 is 0 Å². The van der Waals surface area contributed by atoms with Crippen LogP contribution in [0.25, 0.3) is 0 Å². The molecule has 0 bridgehead atoms. The van der Waals surface area contributed by atoms with Crippen molar-refractivity contribution in [2.75, 3.05) is 19.6 Å². The molecule has 1 amide bonds. The van der Waals surface area contributed by atoms with Gasteiger partial charge in [-0.3, -0.25) is 9.69 Å². The van der Waals surface area contributed by atoms with Gasteiger partial charge in [-0.05, 0) is 62.3 Å². The number of rotatable bonds is 8. The van der Waals surface area contributed by atoms with Crippen molar-refractivity contribution < 1.29 is 22.0 Å². The third-order valence-electron chi connectivity index (χ3n) is 5.23. The lowest BCUT2D eigenvalue weighted by Crippen LogP contribution is -2.36. The van der Waals surface area contributed by atoms with Gasteiger partial charge in [0.25, 0.3) is 5.91 Å². The van der Waals surface area contributed by atoms with Crippen LogP contribution in [-0.4, -0.2) is 38.9 Å². The van der Waals surface area contributed by atoms with Crippen LogP contribution in [0.1, 0.15) is 41.0 Å². The maximum absolute atomic E-state index is 12.6.